The van der Waals surface area contributed by atoms with E-state index in [-0.39, 0.29) is 23.5 Å². The van der Waals surface area contributed by atoms with Crippen molar-refractivity contribution in [2.75, 3.05) is 13.1 Å². The largest absolute Gasteiger partial charge is 0.393 e. The lowest BCUT2D eigenvalue weighted by atomic mass is 9.82. The Morgan fingerprint density at radius 1 is 1.10 bits per heavy atom. The van der Waals surface area contributed by atoms with E-state index in [1.54, 1.807) is 12.1 Å². The fraction of sp³-hybridized carbons (Fsp3) is 0.476. The number of carbonyl (C=O) groups is 1. The standard InChI is InChI=1S/C37H43F2N3O2.C5H12/c1-6-10-34-33(8-3)40-35(42(34)23-25-20-30(43)21-25)26-15-17-41(18-16-26)36(44)28-13-14-32(24(4)19-28)31(7-2)27-11-9-12-29(22-27)37(5,38)39;1-4-5(2)3/h6-14,19,22,25-26,30,43H,3,15-18,20-21,23H2,1-2,4-5H3;5H,4H2,1-3H3/b10-6-,31-7-;. The molecule has 1 saturated carbocycles. The van der Waals surface area contributed by atoms with Crippen LogP contribution in [-0.4, -0.2) is 44.7 Å². The van der Waals surface area contributed by atoms with Gasteiger partial charge >= 0.3 is 0 Å². The number of piperidine rings is 1. The van der Waals surface area contributed by atoms with Crippen molar-refractivity contribution in [1.82, 2.24) is 14.5 Å². The highest BCUT2D eigenvalue weighted by atomic mass is 19.3. The fourth-order valence-corrected chi connectivity index (χ4v) is 6.66. The zero-order valence-corrected chi connectivity index (χ0v) is 30.5. The third-order valence-electron chi connectivity index (χ3n) is 9.93. The Hall–Kier alpha value is -3.84. The van der Waals surface area contributed by atoms with Crippen LogP contribution in [-0.2, 0) is 12.5 Å². The van der Waals surface area contributed by atoms with E-state index in [0.29, 0.717) is 24.6 Å². The monoisotopic (exact) mass is 671 g/mol. The van der Waals surface area contributed by atoms with Gasteiger partial charge in [-0.15, -0.1) is 0 Å². The van der Waals surface area contributed by atoms with Crippen molar-refractivity contribution < 1.29 is 18.7 Å². The predicted molar refractivity (Wildman–Crippen MR) is 199 cm³/mol. The molecule has 0 bridgehead atoms. The van der Waals surface area contributed by atoms with Gasteiger partial charge in [0.2, 0.25) is 0 Å². The van der Waals surface area contributed by atoms with Gasteiger partial charge in [0.25, 0.3) is 11.8 Å². The number of imidazole rings is 1. The lowest BCUT2D eigenvalue weighted by molar-refractivity contribution is 0.0174. The highest BCUT2D eigenvalue weighted by Crippen LogP contribution is 2.36. The second-order valence-corrected chi connectivity index (χ2v) is 14.1. The number of allylic oxidation sites excluding steroid dienone is 2. The van der Waals surface area contributed by atoms with Crippen LogP contribution in [0.1, 0.15) is 129 Å². The number of aromatic nitrogens is 2. The summed E-state index contributed by atoms with van der Waals surface area (Å²) in [5.74, 6) is -0.321. The fourth-order valence-electron chi connectivity index (χ4n) is 6.66. The maximum absolute atomic E-state index is 14.0. The maximum atomic E-state index is 14.0. The smallest absolute Gasteiger partial charge is 0.270 e. The van der Waals surface area contributed by atoms with E-state index in [1.807, 2.05) is 68.2 Å². The first kappa shape index (κ1) is 38.0. The number of carbonyl (C=O) groups excluding carboxylic acids is 1. The summed E-state index contributed by atoms with van der Waals surface area (Å²) in [6, 6.07) is 12.2. The van der Waals surface area contributed by atoms with Gasteiger partial charge in [0.15, 0.2) is 0 Å². The minimum absolute atomic E-state index is 0.000865. The molecule has 0 spiro atoms. The zero-order chi connectivity index (χ0) is 35.9. The van der Waals surface area contributed by atoms with E-state index in [0.717, 1.165) is 84.5 Å². The summed E-state index contributed by atoms with van der Waals surface area (Å²) in [6.45, 7) is 19.5. The first-order valence-electron chi connectivity index (χ1n) is 17.9. The van der Waals surface area contributed by atoms with E-state index in [9.17, 15) is 18.7 Å². The third-order valence-corrected chi connectivity index (χ3v) is 9.93. The summed E-state index contributed by atoms with van der Waals surface area (Å²) >= 11 is 0. The second kappa shape index (κ2) is 16.7. The predicted octanol–water partition coefficient (Wildman–Crippen LogP) is 10.3. The van der Waals surface area contributed by atoms with Crippen LogP contribution in [0.3, 0.4) is 0 Å². The summed E-state index contributed by atoms with van der Waals surface area (Å²) in [7, 11) is 0. The Morgan fingerprint density at radius 2 is 1.78 bits per heavy atom. The molecule has 0 radical (unpaired) electrons. The van der Waals surface area contributed by atoms with Crippen molar-refractivity contribution in [3.05, 3.63) is 106 Å². The van der Waals surface area contributed by atoms with Crippen molar-refractivity contribution >= 4 is 23.6 Å². The molecule has 5 nitrogen and oxygen atoms in total. The molecule has 264 valence electrons. The molecule has 2 heterocycles. The Labute approximate surface area is 292 Å². The van der Waals surface area contributed by atoms with Crippen LogP contribution in [0.2, 0.25) is 0 Å². The summed E-state index contributed by atoms with van der Waals surface area (Å²) in [5.41, 5.74) is 5.96. The number of amides is 1. The molecule has 49 heavy (non-hydrogen) atoms. The van der Waals surface area contributed by atoms with Crippen LogP contribution in [0.15, 0.2) is 61.2 Å². The van der Waals surface area contributed by atoms with Crippen LogP contribution >= 0.6 is 0 Å². The molecule has 1 amide bonds. The first-order chi connectivity index (χ1) is 23.3. The molecule has 2 aromatic carbocycles. The molecule has 1 N–H and O–H groups in total. The number of hydrogen-bond donors (Lipinski definition) is 1. The SMILES string of the molecule is C=Cc1nc(C2CCN(C(=O)c3ccc(/C(=C\C)c4cccc(C(C)(F)F)c4)c(C)c3)CC2)n(CC2CC(O)C2)c1/C=C\C.CCC(C)C. The molecule has 1 aliphatic carbocycles. The Kier molecular flexibility index (Phi) is 12.9. The van der Waals surface area contributed by atoms with Gasteiger partial charge in [0.1, 0.15) is 5.82 Å². The van der Waals surface area contributed by atoms with Crippen molar-refractivity contribution in [3.63, 3.8) is 0 Å². The third kappa shape index (κ3) is 9.24. The topological polar surface area (TPSA) is 58.4 Å². The van der Waals surface area contributed by atoms with Gasteiger partial charge in [-0.25, -0.2) is 13.8 Å². The summed E-state index contributed by atoms with van der Waals surface area (Å²) in [5, 5.41) is 9.85. The summed E-state index contributed by atoms with van der Waals surface area (Å²) in [6.07, 6.45) is 12.2. The Morgan fingerprint density at radius 3 is 2.31 bits per heavy atom. The minimum Gasteiger partial charge on any atom is -0.393 e. The normalized spacial score (nSPS) is 18.8. The zero-order valence-electron chi connectivity index (χ0n) is 30.5. The molecule has 5 rings (SSSR count). The van der Waals surface area contributed by atoms with Gasteiger partial charge in [-0.3, -0.25) is 4.79 Å². The number of benzene rings is 2. The molecule has 7 heteroatoms. The van der Waals surface area contributed by atoms with E-state index >= 15 is 0 Å². The summed E-state index contributed by atoms with van der Waals surface area (Å²) < 4.78 is 30.3. The molecule has 0 unspecified atom stereocenters. The maximum Gasteiger partial charge on any atom is 0.270 e. The number of aliphatic hydroxyl groups is 1. The van der Waals surface area contributed by atoms with Gasteiger partial charge in [0, 0.05) is 43.6 Å². The van der Waals surface area contributed by atoms with E-state index in [4.69, 9.17) is 4.98 Å². The second-order valence-electron chi connectivity index (χ2n) is 14.1. The molecule has 0 atom stereocenters. The molecule has 1 saturated heterocycles. The molecular formula is C42H55F2N3O2. The number of aliphatic hydroxyl groups excluding tert-OH is 1. The molecule has 3 aromatic rings. The van der Waals surface area contributed by atoms with Crippen LogP contribution in [0.4, 0.5) is 8.78 Å². The highest BCUT2D eigenvalue weighted by Gasteiger charge is 2.33. The van der Waals surface area contributed by atoms with Crippen LogP contribution in [0.25, 0.3) is 17.7 Å². The van der Waals surface area contributed by atoms with Crippen molar-refractivity contribution in [1.29, 1.82) is 0 Å². The van der Waals surface area contributed by atoms with E-state index in [1.165, 1.54) is 12.5 Å². The van der Waals surface area contributed by atoms with Gasteiger partial charge in [-0.05, 0) is 111 Å². The van der Waals surface area contributed by atoms with Crippen LogP contribution in [0.5, 0.6) is 0 Å². The van der Waals surface area contributed by atoms with Gasteiger partial charge < -0.3 is 14.6 Å². The number of halogens is 2. The Balaban J connectivity index is 0.00000101. The highest BCUT2D eigenvalue weighted by molar-refractivity contribution is 5.95. The van der Waals surface area contributed by atoms with Crippen molar-refractivity contribution in [2.45, 2.75) is 105 Å². The molecule has 1 aliphatic heterocycles. The number of rotatable bonds is 10. The van der Waals surface area contributed by atoms with Gasteiger partial charge in [-0.2, -0.15) is 0 Å². The number of aryl methyl sites for hydroxylation is 1. The average Bonchev–Trinajstić information content (AvgIpc) is 3.41. The molecular weight excluding hydrogens is 616 g/mol. The lowest BCUT2D eigenvalue weighted by Crippen LogP contribution is -2.39. The quantitative estimate of drug-likeness (QED) is 0.233. The van der Waals surface area contributed by atoms with Crippen molar-refractivity contribution in [2.24, 2.45) is 11.8 Å². The lowest BCUT2D eigenvalue weighted by Gasteiger charge is -2.35. The number of hydrogen-bond acceptors (Lipinski definition) is 3. The first-order valence-corrected chi connectivity index (χ1v) is 17.9. The summed E-state index contributed by atoms with van der Waals surface area (Å²) in [4.78, 5) is 20.5. The van der Waals surface area contributed by atoms with Crippen molar-refractivity contribution in [3.8, 4) is 0 Å². The number of likely N-dealkylation sites (tertiary alicyclic amines) is 1. The van der Waals surface area contributed by atoms with Crippen LogP contribution < -0.4 is 0 Å². The molecule has 2 fully saturated rings. The van der Waals surface area contributed by atoms with Gasteiger partial charge in [-0.1, -0.05) is 70.2 Å². The molecule has 1 aromatic heterocycles. The van der Waals surface area contributed by atoms with E-state index < -0.39 is 5.92 Å². The van der Waals surface area contributed by atoms with Gasteiger partial charge in [0.05, 0.1) is 17.5 Å². The Bertz CT molecular complexity index is 1650. The number of alkyl halides is 2. The van der Waals surface area contributed by atoms with Crippen LogP contribution in [0, 0.1) is 18.8 Å². The number of nitrogens with zero attached hydrogens (tertiary/aromatic N) is 3. The molecule has 2 aliphatic rings. The minimum atomic E-state index is -2.92. The average molecular weight is 672 g/mol. The van der Waals surface area contributed by atoms with E-state index in [2.05, 4.69) is 38.0 Å².